The number of anilines is 2. The van der Waals surface area contributed by atoms with Crippen LogP contribution in [0.15, 0.2) is 71.8 Å². The molecule has 0 bridgehead atoms. The van der Waals surface area contributed by atoms with Crippen molar-refractivity contribution in [1.29, 1.82) is 0 Å². The number of alkyl halides is 3. The molecule has 3 rings (SSSR count). The third kappa shape index (κ3) is 5.26. The van der Waals surface area contributed by atoms with E-state index in [2.05, 4.69) is 15.0 Å². The van der Waals surface area contributed by atoms with Crippen molar-refractivity contribution in [3.05, 3.63) is 83.7 Å². The summed E-state index contributed by atoms with van der Waals surface area (Å²) in [4.78, 5) is 17.1. The number of rotatable bonds is 5. The molecule has 0 spiro atoms. The van der Waals surface area contributed by atoms with E-state index in [-0.39, 0.29) is 5.91 Å². The largest absolute Gasteiger partial charge is 0.416 e. The standard InChI is InChI=1S/C20H16F3N3OS/c1-13-8-9-14(12-24-13)19(27)25-16-5-3-7-18(11-16)28-26-17-6-2-4-15(10-17)20(21,22)23/h2-12,26H,1H3,(H,25,27). The first-order valence-corrected chi connectivity index (χ1v) is 9.07. The van der Waals surface area contributed by atoms with E-state index in [0.717, 1.165) is 34.7 Å². The molecule has 2 N–H and O–H groups in total. The van der Waals surface area contributed by atoms with E-state index in [0.29, 0.717) is 16.9 Å². The van der Waals surface area contributed by atoms with E-state index in [1.165, 1.54) is 12.3 Å². The van der Waals surface area contributed by atoms with Gasteiger partial charge in [-0.25, -0.2) is 0 Å². The predicted octanol–water partition coefficient (Wildman–Crippen LogP) is 5.78. The van der Waals surface area contributed by atoms with Gasteiger partial charge in [-0.3, -0.25) is 9.78 Å². The highest BCUT2D eigenvalue weighted by atomic mass is 32.2. The summed E-state index contributed by atoms with van der Waals surface area (Å²) < 4.78 is 41.3. The molecule has 4 nitrogen and oxygen atoms in total. The van der Waals surface area contributed by atoms with Gasteiger partial charge in [-0.15, -0.1) is 0 Å². The molecule has 0 fully saturated rings. The van der Waals surface area contributed by atoms with Crippen LogP contribution in [-0.4, -0.2) is 10.9 Å². The van der Waals surface area contributed by atoms with Crippen LogP contribution in [0.5, 0.6) is 0 Å². The molecule has 0 unspecified atom stereocenters. The molecule has 1 heterocycles. The van der Waals surface area contributed by atoms with Crippen LogP contribution in [-0.2, 0) is 6.18 Å². The topological polar surface area (TPSA) is 54.0 Å². The molecule has 3 aromatic rings. The average Bonchev–Trinajstić information content (AvgIpc) is 2.67. The van der Waals surface area contributed by atoms with Crippen LogP contribution in [0.3, 0.4) is 0 Å². The Morgan fingerprint density at radius 1 is 1.00 bits per heavy atom. The van der Waals surface area contributed by atoms with E-state index in [4.69, 9.17) is 0 Å². The quantitative estimate of drug-likeness (QED) is 0.530. The second-order valence-electron chi connectivity index (χ2n) is 5.95. The minimum absolute atomic E-state index is 0.291. The minimum Gasteiger partial charge on any atom is -0.326 e. The summed E-state index contributed by atoms with van der Waals surface area (Å²) in [5.41, 5.74) is 1.44. The summed E-state index contributed by atoms with van der Waals surface area (Å²) in [5, 5.41) is 2.78. The van der Waals surface area contributed by atoms with Crippen molar-refractivity contribution in [2.75, 3.05) is 10.0 Å². The van der Waals surface area contributed by atoms with Crippen LogP contribution in [0, 0.1) is 6.92 Å². The van der Waals surface area contributed by atoms with Gasteiger partial charge in [0.25, 0.3) is 5.91 Å². The van der Waals surface area contributed by atoms with Crippen molar-refractivity contribution in [1.82, 2.24) is 4.98 Å². The molecule has 0 radical (unpaired) electrons. The van der Waals surface area contributed by atoms with Crippen molar-refractivity contribution in [3.63, 3.8) is 0 Å². The monoisotopic (exact) mass is 403 g/mol. The lowest BCUT2D eigenvalue weighted by Crippen LogP contribution is -2.12. The lowest BCUT2D eigenvalue weighted by atomic mass is 10.2. The van der Waals surface area contributed by atoms with E-state index in [1.54, 1.807) is 42.5 Å². The third-order valence-electron chi connectivity index (χ3n) is 3.74. The first-order chi connectivity index (χ1) is 13.3. The van der Waals surface area contributed by atoms with Crippen LogP contribution >= 0.6 is 11.9 Å². The third-order valence-corrected chi connectivity index (χ3v) is 4.57. The Labute approximate surface area is 164 Å². The second kappa shape index (κ2) is 8.35. The van der Waals surface area contributed by atoms with Crippen molar-refractivity contribution in [2.24, 2.45) is 0 Å². The fraction of sp³-hybridized carbons (Fsp3) is 0.100. The first kappa shape index (κ1) is 19.8. The number of benzene rings is 2. The van der Waals surface area contributed by atoms with Gasteiger partial charge in [-0.05, 0) is 67.4 Å². The van der Waals surface area contributed by atoms with E-state index >= 15 is 0 Å². The number of carbonyl (C=O) groups is 1. The SMILES string of the molecule is Cc1ccc(C(=O)Nc2cccc(SNc3cccc(C(F)(F)F)c3)c2)cn1. The molecule has 28 heavy (non-hydrogen) atoms. The molecule has 0 aliphatic rings. The van der Waals surface area contributed by atoms with Crippen molar-refractivity contribution < 1.29 is 18.0 Å². The highest BCUT2D eigenvalue weighted by Crippen LogP contribution is 2.32. The number of aryl methyl sites for hydroxylation is 1. The number of nitrogens with zero attached hydrogens (tertiary/aromatic N) is 1. The molecule has 1 amide bonds. The normalized spacial score (nSPS) is 11.1. The van der Waals surface area contributed by atoms with Crippen LogP contribution in [0.4, 0.5) is 24.5 Å². The van der Waals surface area contributed by atoms with E-state index in [9.17, 15) is 18.0 Å². The second-order valence-corrected chi connectivity index (χ2v) is 6.83. The summed E-state index contributed by atoms with van der Waals surface area (Å²) in [7, 11) is 0. The summed E-state index contributed by atoms with van der Waals surface area (Å²) in [5.74, 6) is -0.291. The van der Waals surface area contributed by atoms with Crippen molar-refractivity contribution >= 4 is 29.2 Å². The molecule has 0 aliphatic carbocycles. The van der Waals surface area contributed by atoms with Gasteiger partial charge in [0, 0.05) is 28.2 Å². The molecule has 0 saturated carbocycles. The van der Waals surface area contributed by atoms with E-state index < -0.39 is 11.7 Å². The average molecular weight is 403 g/mol. The molecule has 8 heteroatoms. The molecule has 144 valence electrons. The first-order valence-electron chi connectivity index (χ1n) is 8.25. The number of hydrogen-bond acceptors (Lipinski definition) is 4. The number of aromatic nitrogens is 1. The number of amides is 1. The Morgan fingerprint density at radius 3 is 2.46 bits per heavy atom. The molecule has 2 aromatic carbocycles. The minimum atomic E-state index is -4.39. The maximum absolute atomic E-state index is 12.8. The fourth-order valence-electron chi connectivity index (χ4n) is 2.32. The molecule has 1 aromatic heterocycles. The summed E-state index contributed by atoms with van der Waals surface area (Å²) in [6.45, 7) is 1.83. The summed E-state index contributed by atoms with van der Waals surface area (Å²) in [6.07, 6.45) is -2.89. The molecule has 0 saturated heterocycles. The zero-order chi connectivity index (χ0) is 20.1. The van der Waals surface area contributed by atoms with Crippen molar-refractivity contribution in [3.8, 4) is 0 Å². The summed E-state index contributed by atoms with van der Waals surface area (Å²) in [6, 6.07) is 15.4. The molecular weight excluding hydrogens is 387 g/mol. The molecule has 0 aliphatic heterocycles. The number of hydrogen-bond donors (Lipinski definition) is 2. The van der Waals surface area contributed by atoms with Crippen LogP contribution in [0.2, 0.25) is 0 Å². The van der Waals surface area contributed by atoms with Gasteiger partial charge in [0.2, 0.25) is 0 Å². The van der Waals surface area contributed by atoms with Gasteiger partial charge in [-0.2, -0.15) is 13.2 Å². The Morgan fingerprint density at radius 2 is 1.75 bits per heavy atom. The number of halogens is 3. The van der Waals surface area contributed by atoms with Gasteiger partial charge in [-0.1, -0.05) is 12.1 Å². The number of carbonyl (C=O) groups excluding carboxylic acids is 1. The maximum atomic E-state index is 12.8. The maximum Gasteiger partial charge on any atom is 0.416 e. The van der Waals surface area contributed by atoms with E-state index in [1.807, 2.05) is 6.92 Å². The van der Waals surface area contributed by atoms with Gasteiger partial charge < -0.3 is 10.0 Å². The lowest BCUT2D eigenvalue weighted by Gasteiger charge is -2.11. The van der Waals surface area contributed by atoms with Gasteiger partial charge in [0.1, 0.15) is 0 Å². The molecular formula is C20H16F3N3OS. The van der Waals surface area contributed by atoms with Gasteiger partial charge >= 0.3 is 6.18 Å². The van der Waals surface area contributed by atoms with Crippen LogP contribution in [0.25, 0.3) is 0 Å². The predicted molar refractivity (Wildman–Crippen MR) is 104 cm³/mol. The fourth-order valence-corrected chi connectivity index (χ4v) is 3.01. The van der Waals surface area contributed by atoms with Crippen LogP contribution in [0.1, 0.15) is 21.6 Å². The zero-order valence-corrected chi connectivity index (χ0v) is 15.6. The zero-order valence-electron chi connectivity index (χ0n) is 14.7. The Kier molecular flexibility index (Phi) is 5.89. The Bertz CT molecular complexity index is 975. The number of nitrogens with one attached hydrogen (secondary N) is 2. The lowest BCUT2D eigenvalue weighted by molar-refractivity contribution is -0.137. The Hall–Kier alpha value is -3.00. The van der Waals surface area contributed by atoms with Gasteiger partial charge in [0.05, 0.1) is 11.1 Å². The van der Waals surface area contributed by atoms with Crippen LogP contribution < -0.4 is 10.0 Å². The number of pyridine rings is 1. The Balaban J connectivity index is 1.65. The summed E-state index contributed by atoms with van der Waals surface area (Å²) >= 11 is 1.15. The van der Waals surface area contributed by atoms with Crippen molar-refractivity contribution in [2.45, 2.75) is 18.0 Å². The smallest absolute Gasteiger partial charge is 0.326 e. The highest BCUT2D eigenvalue weighted by Gasteiger charge is 2.30. The molecule has 0 atom stereocenters. The van der Waals surface area contributed by atoms with Gasteiger partial charge in [0.15, 0.2) is 0 Å². The highest BCUT2D eigenvalue weighted by molar-refractivity contribution is 8.00.